The molecule has 1 fully saturated rings. The highest BCUT2D eigenvalue weighted by Gasteiger charge is 2.28. The van der Waals surface area contributed by atoms with Crippen molar-refractivity contribution in [3.05, 3.63) is 101 Å². The lowest BCUT2D eigenvalue weighted by atomic mass is 9.88. The number of aromatic nitrogens is 2. The summed E-state index contributed by atoms with van der Waals surface area (Å²) in [5, 5.41) is 7.31. The minimum absolute atomic E-state index is 0.218. The highest BCUT2D eigenvalue weighted by Crippen LogP contribution is 2.31. The smallest absolute Gasteiger partial charge is 0.409 e. The standard InChI is InChI=1S/C29H31N3O3/c1-2-34-29(33)31-16-14-25(15-17-31)27-20-32(35-21-22-8-4-3-5-9-22)30-28(27)19-23-12-13-24-10-6-7-11-26(24)18-23/h3-13,18,20,25H,2,14-17,19,21H2,1H3. The van der Waals surface area contributed by atoms with E-state index >= 15 is 0 Å². The molecule has 180 valence electrons. The minimum atomic E-state index is -0.218. The van der Waals surface area contributed by atoms with Crippen LogP contribution in [0.1, 0.15) is 48.1 Å². The summed E-state index contributed by atoms with van der Waals surface area (Å²) in [6.45, 7) is 4.08. The van der Waals surface area contributed by atoms with Gasteiger partial charge in [-0.15, -0.1) is 9.94 Å². The van der Waals surface area contributed by atoms with Crippen molar-refractivity contribution in [1.82, 2.24) is 14.8 Å². The van der Waals surface area contributed by atoms with Gasteiger partial charge in [-0.25, -0.2) is 4.79 Å². The van der Waals surface area contributed by atoms with Crippen LogP contribution < -0.4 is 4.84 Å². The number of nitrogens with zero attached hydrogens (tertiary/aromatic N) is 3. The molecule has 0 aliphatic carbocycles. The van der Waals surface area contributed by atoms with Crippen molar-refractivity contribution >= 4 is 16.9 Å². The van der Waals surface area contributed by atoms with Gasteiger partial charge in [-0.05, 0) is 47.6 Å². The second-order valence-electron chi connectivity index (χ2n) is 9.01. The van der Waals surface area contributed by atoms with Crippen molar-refractivity contribution in [2.45, 2.75) is 38.7 Å². The second-order valence-corrected chi connectivity index (χ2v) is 9.01. The van der Waals surface area contributed by atoms with E-state index in [0.717, 1.165) is 30.5 Å². The van der Waals surface area contributed by atoms with Gasteiger partial charge in [-0.1, -0.05) is 72.8 Å². The van der Waals surface area contributed by atoms with Crippen molar-refractivity contribution in [3.8, 4) is 0 Å². The van der Waals surface area contributed by atoms with Crippen LogP contribution in [-0.2, 0) is 17.8 Å². The Morgan fingerprint density at radius 2 is 1.69 bits per heavy atom. The number of piperidine rings is 1. The summed E-state index contributed by atoms with van der Waals surface area (Å²) in [6, 6.07) is 25.1. The summed E-state index contributed by atoms with van der Waals surface area (Å²) in [6.07, 6.45) is 4.32. The molecule has 0 spiro atoms. The molecule has 0 unspecified atom stereocenters. The number of carbonyl (C=O) groups is 1. The summed E-state index contributed by atoms with van der Waals surface area (Å²) in [5.74, 6) is 0.324. The maximum Gasteiger partial charge on any atom is 0.409 e. The molecule has 35 heavy (non-hydrogen) atoms. The summed E-state index contributed by atoms with van der Waals surface area (Å²) in [7, 11) is 0. The predicted molar refractivity (Wildman–Crippen MR) is 136 cm³/mol. The molecule has 6 nitrogen and oxygen atoms in total. The topological polar surface area (TPSA) is 56.6 Å². The second kappa shape index (κ2) is 10.6. The van der Waals surface area contributed by atoms with E-state index < -0.39 is 0 Å². The molecule has 0 radical (unpaired) electrons. The predicted octanol–water partition coefficient (Wildman–Crippen LogP) is 5.59. The maximum atomic E-state index is 12.1. The summed E-state index contributed by atoms with van der Waals surface area (Å²) in [4.78, 5) is 21.6. The van der Waals surface area contributed by atoms with Gasteiger partial charge in [-0.2, -0.15) is 0 Å². The number of benzene rings is 3. The summed E-state index contributed by atoms with van der Waals surface area (Å²) >= 11 is 0. The van der Waals surface area contributed by atoms with Crippen molar-refractivity contribution in [1.29, 1.82) is 0 Å². The summed E-state index contributed by atoms with van der Waals surface area (Å²) in [5.41, 5.74) is 4.56. The van der Waals surface area contributed by atoms with Gasteiger partial charge in [0.15, 0.2) is 0 Å². The third-order valence-corrected chi connectivity index (χ3v) is 6.65. The van der Waals surface area contributed by atoms with Crippen LogP contribution in [0.15, 0.2) is 79.0 Å². The van der Waals surface area contributed by atoms with Gasteiger partial charge in [0, 0.05) is 25.1 Å². The van der Waals surface area contributed by atoms with Crippen LogP contribution >= 0.6 is 0 Å². The molecule has 1 saturated heterocycles. The number of rotatable bonds is 7. The zero-order valence-electron chi connectivity index (χ0n) is 20.1. The molecule has 1 amide bonds. The largest absolute Gasteiger partial charge is 0.450 e. The third-order valence-electron chi connectivity index (χ3n) is 6.65. The van der Waals surface area contributed by atoms with E-state index in [2.05, 4.69) is 42.5 Å². The Kier molecular flexibility index (Phi) is 6.98. The number of fused-ring (bicyclic) bond motifs is 1. The first-order chi connectivity index (χ1) is 17.2. The molecule has 0 saturated carbocycles. The van der Waals surface area contributed by atoms with E-state index in [9.17, 15) is 4.79 Å². The number of amides is 1. The highest BCUT2D eigenvalue weighted by molar-refractivity contribution is 5.83. The Hall–Kier alpha value is -3.80. The molecule has 5 rings (SSSR count). The Labute approximate surface area is 206 Å². The van der Waals surface area contributed by atoms with Crippen LogP contribution in [0.2, 0.25) is 0 Å². The monoisotopic (exact) mass is 469 g/mol. The van der Waals surface area contributed by atoms with E-state index in [1.54, 1.807) is 9.75 Å². The molecule has 3 aromatic carbocycles. The molecular weight excluding hydrogens is 438 g/mol. The fraction of sp³-hybridized carbons (Fsp3) is 0.310. The molecule has 1 aromatic heterocycles. The quantitative estimate of drug-likeness (QED) is 0.354. The van der Waals surface area contributed by atoms with Crippen molar-refractivity contribution in [2.24, 2.45) is 0 Å². The van der Waals surface area contributed by atoms with Crippen LogP contribution in [0.5, 0.6) is 0 Å². The number of ether oxygens (including phenoxy) is 1. The molecule has 0 N–H and O–H groups in total. The normalized spacial score (nSPS) is 14.3. The fourth-order valence-electron chi connectivity index (χ4n) is 4.79. The van der Waals surface area contributed by atoms with Gasteiger partial charge in [0.05, 0.1) is 18.5 Å². The minimum Gasteiger partial charge on any atom is -0.450 e. The molecule has 0 bridgehead atoms. The van der Waals surface area contributed by atoms with Gasteiger partial charge in [0.1, 0.15) is 6.61 Å². The zero-order valence-corrected chi connectivity index (χ0v) is 20.1. The Balaban J connectivity index is 1.36. The van der Waals surface area contributed by atoms with Crippen LogP contribution in [0.4, 0.5) is 4.79 Å². The molecule has 1 aliphatic rings. The van der Waals surface area contributed by atoms with E-state index in [1.165, 1.54) is 21.9 Å². The first-order valence-corrected chi connectivity index (χ1v) is 12.3. The lowest BCUT2D eigenvalue weighted by molar-refractivity contribution is 0.0690. The van der Waals surface area contributed by atoms with Crippen molar-refractivity contribution < 1.29 is 14.4 Å². The number of carbonyl (C=O) groups excluding carboxylic acids is 1. The molecule has 6 heteroatoms. The lowest BCUT2D eigenvalue weighted by Gasteiger charge is -2.31. The number of hydrogen-bond donors (Lipinski definition) is 0. The number of hydrogen-bond acceptors (Lipinski definition) is 4. The Bertz CT molecular complexity index is 1280. The first-order valence-electron chi connectivity index (χ1n) is 12.3. The van der Waals surface area contributed by atoms with Crippen molar-refractivity contribution in [3.63, 3.8) is 0 Å². The van der Waals surface area contributed by atoms with Crippen LogP contribution in [0, 0.1) is 0 Å². The molecular formula is C29H31N3O3. The third kappa shape index (κ3) is 5.48. The van der Waals surface area contributed by atoms with Gasteiger partial charge in [0.2, 0.25) is 0 Å². The molecule has 2 heterocycles. The van der Waals surface area contributed by atoms with E-state index in [-0.39, 0.29) is 6.09 Å². The van der Waals surface area contributed by atoms with E-state index in [4.69, 9.17) is 14.7 Å². The SMILES string of the molecule is CCOC(=O)N1CCC(c2cn(OCc3ccccc3)nc2Cc2ccc3ccccc3c2)CC1. The molecule has 1 aliphatic heterocycles. The lowest BCUT2D eigenvalue weighted by Crippen LogP contribution is -2.38. The first kappa shape index (κ1) is 23.0. The van der Waals surface area contributed by atoms with E-state index in [1.807, 2.05) is 43.5 Å². The average molecular weight is 470 g/mol. The average Bonchev–Trinajstić information content (AvgIpc) is 3.30. The van der Waals surface area contributed by atoms with Gasteiger partial charge in [0.25, 0.3) is 0 Å². The van der Waals surface area contributed by atoms with Crippen LogP contribution in [0.25, 0.3) is 10.8 Å². The zero-order chi connectivity index (χ0) is 24.0. The van der Waals surface area contributed by atoms with Crippen molar-refractivity contribution in [2.75, 3.05) is 19.7 Å². The van der Waals surface area contributed by atoms with Gasteiger partial charge >= 0.3 is 6.09 Å². The molecule has 0 atom stereocenters. The van der Waals surface area contributed by atoms with E-state index in [0.29, 0.717) is 32.2 Å². The maximum absolute atomic E-state index is 12.1. The number of likely N-dealkylation sites (tertiary alicyclic amines) is 1. The fourth-order valence-corrected chi connectivity index (χ4v) is 4.79. The molecule has 4 aromatic rings. The van der Waals surface area contributed by atoms with Gasteiger partial charge < -0.3 is 14.5 Å². The van der Waals surface area contributed by atoms with Gasteiger partial charge in [-0.3, -0.25) is 0 Å². The van der Waals surface area contributed by atoms with Crippen LogP contribution in [0.3, 0.4) is 0 Å². The highest BCUT2D eigenvalue weighted by atomic mass is 16.7. The Morgan fingerprint density at radius 3 is 2.46 bits per heavy atom. The van der Waals surface area contributed by atoms with Crippen LogP contribution in [-0.4, -0.2) is 40.6 Å². The Morgan fingerprint density at radius 1 is 0.943 bits per heavy atom. The summed E-state index contributed by atoms with van der Waals surface area (Å²) < 4.78 is 5.19.